The average Bonchev–Trinajstić information content (AvgIpc) is 3.26. The summed E-state index contributed by atoms with van der Waals surface area (Å²) >= 11 is 0. The fraction of sp³-hybridized carbons (Fsp3) is 0.227. The molecule has 0 fully saturated rings. The number of hydrogen-bond acceptors (Lipinski definition) is 1. The molecule has 4 rings (SSSR count). The second-order valence-electron chi connectivity index (χ2n) is 6.77. The van der Waals surface area contributed by atoms with Crippen LogP contribution in [0.3, 0.4) is 0 Å². The van der Waals surface area contributed by atoms with Crippen LogP contribution in [0.15, 0.2) is 60.9 Å². The Kier molecular flexibility index (Phi) is 4.48. The third-order valence-electron chi connectivity index (χ3n) is 5.13. The van der Waals surface area contributed by atoms with Crippen LogP contribution in [0.5, 0.6) is 0 Å². The van der Waals surface area contributed by atoms with Crippen LogP contribution in [0.1, 0.15) is 42.7 Å². The molecule has 0 aliphatic carbocycles. The Morgan fingerprint density at radius 2 is 1.38 bits per heavy atom. The molecule has 2 heterocycles. The molecular formula is C22H22N2O2. The number of unbranched alkanes of at least 4 members (excludes halogenated alkanes) is 1. The number of carbonyl (C=O) groups is 1. The van der Waals surface area contributed by atoms with Gasteiger partial charge in [0, 0.05) is 46.5 Å². The van der Waals surface area contributed by atoms with E-state index in [1.54, 1.807) is 0 Å². The fourth-order valence-electron chi connectivity index (χ4n) is 3.87. The predicted molar refractivity (Wildman–Crippen MR) is 105 cm³/mol. The minimum absolute atomic E-state index is 0.231. The van der Waals surface area contributed by atoms with Crippen molar-refractivity contribution in [2.45, 2.75) is 31.6 Å². The summed E-state index contributed by atoms with van der Waals surface area (Å²) in [5.41, 5.74) is 4.83. The third-order valence-corrected chi connectivity index (χ3v) is 5.13. The number of aromatic nitrogens is 2. The van der Waals surface area contributed by atoms with Gasteiger partial charge in [-0.2, -0.15) is 0 Å². The fourth-order valence-corrected chi connectivity index (χ4v) is 3.87. The summed E-state index contributed by atoms with van der Waals surface area (Å²) in [5, 5.41) is 11.4. The Labute approximate surface area is 151 Å². The van der Waals surface area contributed by atoms with Gasteiger partial charge in [-0.25, -0.2) is 0 Å². The van der Waals surface area contributed by atoms with Crippen molar-refractivity contribution < 1.29 is 9.90 Å². The van der Waals surface area contributed by atoms with Gasteiger partial charge in [-0.15, -0.1) is 0 Å². The number of para-hydroxylation sites is 2. The molecular weight excluding hydrogens is 324 g/mol. The molecule has 2 aromatic carbocycles. The summed E-state index contributed by atoms with van der Waals surface area (Å²) < 4.78 is 0. The van der Waals surface area contributed by atoms with Crippen molar-refractivity contribution in [2.75, 3.05) is 0 Å². The van der Waals surface area contributed by atoms with Gasteiger partial charge in [0.25, 0.3) is 0 Å². The molecule has 3 N–H and O–H groups in total. The molecule has 26 heavy (non-hydrogen) atoms. The molecule has 132 valence electrons. The van der Waals surface area contributed by atoms with E-state index in [4.69, 9.17) is 5.11 Å². The molecule has 0 saturated heterocycles. The van der Waals surface area contributed by atoms with Gasteiger partial charge in [0.05, 0.1) is 0 Å². The van der Waals surface area contributed by atoms with Gasteiger partial charge in [-0.3, -0.25) is 4.79 Å². The van der Waals surface area contributed by atoms with E-state index in [1.807, 2.05) is 12.1 Å². The van der Waals surface area contributed by atoms with Crippen molar-refractivity contribution in [3.8, 4) is 0 Å². The highest BCUT2D eigenvalue weighted by molar-refractivity contribution is 5.88. The van der Waals surface area contributed by atoms with E-state index in [-0.39, 0.29) is 12.3 Å². The minimum Gasteiger partial charge on any atom is -0.481 e. The lowest BCUT2D eigenvalue weighted by molar-refractivity contribution is -0.137. The molecule has 0 spiro atoms. The molecule has 0 bridgehead atoms. The smallest absolute Gasteiger partial charge is 0.303 e. The number of fused-ring (bicyclic) bond motifs is 2. The van der Waals surface area contributed by atoms with Crippen LogP contribution in [0.25, 0.3) is 21.8 Å². The molecule has 0 amide bonds. The third kappa shape index (κ3) is 3.10. The van der Waals surface area contributed by atoms with Crippen LogP contribution >= 0.6 is 0 Å². The molecule has 0 atom stereocenters. The second kappa shape index (κ2) is 7.08. The second-order valence-corrected chi connectivity index (χ2v) is 6.77. The van der Waals surface area contributed by atoms with Crippen LogP contribution < -0.4 is 0 Å². The predicted octanol–water partition coefficient (Wildman–Crippen LogP) is 5.43. The SMILES string of the molecule is O=C(O)CCCCC(c1c[nH]c2ccccc12)c1c[nH]c2ccccc12. The van der Waals surface area contributed by atoms with Crippen LogP contribution in [0.4, 0.5) is 0 Å². The molecule has 0 aliphatic heterocycles. The zero-order chi connectivity index (χ0) is 17.9. The zero-order valence-electron chi connectivity index (χ0n) is 14.5. The maximum absolute atomic E-state index is 10.8. The Bertz CT molecular complexity index is 970. The van der Waals surface area contributed by atoms with Crippen LogP contribution in [0, 0.1) is 0 Å². The largest absolute Gasteiger partial charge is 0.481 e. The number of carboxylic acid groups (broad SMARTS) is 1. The summed E-state index contributed by atoms with van der Waals surface area (Å²) in [7, 11) is 0. The first-order valence-electron chi connectivity index (χ1n) is 9.08. The van der Waals surface area contributed by atoms with E-state index >= 15 is 0 Å². The number of rotatable bonds is 7. The van der Waals surface area contributed by atoms with Crippen molar-refractivity contribution in [3.05, 3.63) is 72.1 Å². The van der Waals surface area contributed by atoms with Gasteiger partial charge in [-0.05, 0) is 36.1 Å². The Hall–Kier alpha value is -3.01. The molecule has 0 aliphatic rings. The average molecular weight is 346 g/mol. The molecule has 0 saturated carbocycles. The lowest BCUT2D eigenvalue weighted by Crippen LogP contribution is -2.01. The maximum Gasteiger partial charge on any atom is 0.303 e. The van der Waals surface area contributed by atoms with E-state index < -0.39 is 5.97 Å². The highest BCUT2D eigenvalue weighted by Crippen LogP contribution is 2.37. The minimum atomic E-state index is -0.722. The van der Waals surface area contributed by atoms with E-state index in [1.165, 1.54) is 21.9 Å². The highest BCUT2D eigenvalue weighted by atomic mass is 16.4. The van der Waals surface area contributed by atoms with E-state index in [2.05, 4.69) is 58.8 Å². The van der Waals surface area contributed by atoms with Crippen molar-refractivity contribution in [2.24, 2.45) is 0 Å². The molecule has 2 aromatic heterocycles. The van der Waals surface area contributed by atoms with E-state index in [0.29, 0.717) is 6.42 Å². The standard InChI is InChI=1S/C22H22N2O2/c25-22(26)12-6-3-7-15(18-13-23-20-10-4-1-8-16(18)20)19-14-24-21-11-5-2-9-17(19)21/h1-2,4-5,8-11,13-15,23-24H,3,6-7,12H2,(H,25,26). The molecule has 0 radical (unpaired) electrons. The molecule has 0 unspecified atom stereocenters. The van der Waals surface area contributed by atoms with Gasteiger partial charge in [0.1, 0.15) is 0 Å². The Balaban J connectivity index is 1.73. The van der Waals surface area contributed by atoms with Crippen molar-refractivity contribution in [1.82, 2.24) is 9.97 Å². The summed E-state index contributed by atoms with van der Waals surface area (Å²) in [4.78, 5) is 17.6. The number of nitrogens with one attached hydrogen (secondary N) is 2. The Morgan fingerprint density at radius 3 is 1.92 bits per heavy atom. The van der Waals surface area contributed by atoms with Crippen molar-refractivity contribution >= 4 is 27.8 Å². The lowest BCUT2D eigenvalue weighted by Gasteiger charge is -2.16. The van der Waals surface area contributed by atoms with Crippen LogP contribution in [-0.4, -0.2) is 21.0 Å². The summed E-state index contributed by atoms with van der Waals surface area (Å²) in [6.45, 7) is 0. The normalized spacial score (nSPS) is 11.6. The molecule has 4 nitrogen and oxygen atoms in total. The van der Waals surface area contributed by atoms with Crippen LogP contribution in [-0.2, 0) is 4.79 Å². The van der Waals surface area contributed by atoms with E-state index in [9.17, 15) is 4.79 Å². The number of carboxylic acids is 1. The van der Waals surface area contributed by atoms with Crippen molar-refractivity contribution in [3.63, 3.8) is 0 Å². The van der Waals surface area contributed by atoms with Gasteiger partial charge in [0.15, 0.2) is 0 Å². The van der Waals surface area contributed by atoms with Gasteiger partial charge in [-0.1, -0.05) is 42.8 Å². The molecule has 4 heteroatoms. The quantitative estimate of drug-likeness (QED) is 0.391. The lowest BCUT2D eigenvalue weighted by atomic mass is 9.86. The van der Waals surface area contributed by atoms with Gasteiger partial charge >= 0.3 is 5.97 Å². The topological polar surface area (TPSA) is 68.9 Å². The first-order chi connectivity index (χ1) is 12.7. The number of aromatic amines is 2. The monoisotopic (exact) mass is 346 g/mol. The first-order valence-corrected chi connectivity index (χ1v) is 9.08. The zero-order valence-corrected chi connectivity index (χ0v) is 14.5. The highest BCUT2D eigenvalue weighted by Gasteiger charge is 2.21. The summed E-state index contributed by atoms with van der Waals surface area (Å²) in [6, 6.07) is 16.7. The van der Waals surface area contributed by atoms with Gasteiger partial charge in [0.2, 0.25) is 0 Å². The van der Waals surface area contributed by atoms with Gasteiger partial charge < -0.3 is 15.1 Å². The number of H-pyrrole nitrogens is 2. The number of hydrogen-bond donors (Lipinski definition) is 3. The Morgan fingerprint density at radius 1 is 0.846 bits per heavy atom. The first kappa shape index (κ1) is 16.5. The van der Waals surface area contributed by atoms with E-state index in [0.717, 1.165) is 23.9 Å². The van der Waals surface area contributed by atoms with Crippen molar-refractivity contribution in [1.29, 1.82) is 0 Å². The maximum atomic E-state index is 10.8. The van der Waals surface area contributed by atoms with Crippen LogP contribution in [0.2, 0.25) is 0 Å². The molecule has 4 aromatic rings. The summed E-state index contributed by atoms with van der Waals surface area (Å²) in [6.07, 6.45) is 6.96. The number of benzene rings is 2. The summed E-state index contributed by atoms with van der Waals surface area (Å²) in [5.74, 6) is -0.489. The number of aliphatic carboxylic acids is 1.